The summed E-state index contributed by atoms with van der Waals surface area (Å²) in [5.74, 6) is -0.204. The molecule has 1 aromatic rings. The fourth-order valence-corrected chi connectivity index (χ4v) is 1.32. The summed E-state index contributed by atoms with van der Waals surface area (Å²) in [5.41, 5.74) is 2.09. The van der Waals surface area contributed by atoms with Crippen molar-refractivity contribution in [3.63, 3.8) is 0 Å². The Morgan fingerprint density at radius 3 is 2.29 bits per heavy atom. The van der Waals surface area contributed by atoms with Gasteiger partial charge in [-0.25, -0.2) is 0 Å². The molecule has 0 saturated carbocycles. The Morgan fingerprint density at radius 1 is 1.24 bits per heavy atom. The molecule has 0 radical (unpaired) electrons. The number of allylic oxidation sites excluding steroid dienone is 2. The van der Waals surface area contributed by atoms with E-state index in [0.717, 1.165) is 11.3 Å². The standard InChI is InChI=1S/C14H17NO2/c1-11(16)10-14(17)9-6-12-4-7-13(8-5-12)15(2)3/h4-10,17H,1-3H3/b9-6?,14-10-. The van der Waals surface area contributed by atoms with Crippen molar-refractivity contribution < 1.29 is 9.90 Å². The van der Waals surface area contributed by atoms with Crippen molar-refractivity contribution in [3.8, 4) is 0 Å². The van der Waals surface area contributed by atoms with Crippen LogP contribution in [0.3, 0.4) is 0 Å². The summed E-state index contributed by atoms with van der Waals surface area (Å²) in [7, 11) is 3.96. The first-order valence-electron chi connectivity index (χ1n) is 5.36. The van der Waals surface area contributed by atoms with E-state index < -0.39 is 0 Å². The van der Waals surface area contributed by atoms with Crippen LogP contribution in [0.25, 0.3) is 6.08 Å². The Morgan fingerprint density at radius 2 is 1.82 bits per heavy atom. The fourth-order valence-electron chi connectivity index (χ4n) is 1.32. The molecule has 1 rings (SSSR count). The number of ketones is 1. The summed E-state index contributed by atoms with van der Waals surface area (Å²) in [4.78, 5) is 12.7. The molecule has 0 fully saturated rings. The molecule has 0 spiro atoms. The number of carbonyl (C=O) groups is 1. The molecule has 0 atom stereocenters. The summed E-state index contributed by atoms with van der Waals surface area (Å²) in [6.07, 6.45) is 4.45. The van der Waals surface area contributed by atoms with E-state index in [1.54, 1.807) is 6.08 Å². The molecule has 3 nitrogen and oxygen atoms in total. The summed E-state index contributed by atoms with van der Waals surface area (Å²) in [5, 5.41) is 9.37. The van der Waals surface area contributed by atoms with Crippen molar-refractivity contribution in [2.24, 2.45) is 0 Å². The lowest BCUT2D eigenvalue weighted by Crippen LogP contribution is -2.07. The van der Waals surface area contributed by atoms with E-state index in [2.05, 4.69) is 0 Å². The number of hydrogen-bond acceptors (Lipinski definition) is 3. The van der Waals surface area contributed by atoms with Crippen LogP contribution in [-0.4, -0.2) is 25.0 Å². The van der Waals surface area contributed by atoms with Crippen LogP contribution < -0.4 is 4.90 Å². The maximum Gasteiger partial charge on any atom is 0.156 e. The fraction of sp³-hybridized carbons (Fsp3) is 0.214. The van der Waals surface area contributed by atoms with E-state index >= 15 is 0 Å². The van der Waals surface area contributed by atoms with Crippen LogP contribution in [-0.2, 0) is 4.79 Å². The molecule has 0 amide bonds. The van der Waals surface area contributed by atoms with Crippen LogP contribution in [0.15, 0.2) is 42.2 Å². The molecule has 0 unspecified atom stereocenters. The average Bonchev–Trinajstić information content (AvgIpc) is 2.26. The van der Waals surface area contributed by atoms with Gasteiger partial charge in [-0.3, -0.25) is 4.79 Å². The first-order valence-corrected chi connectivity index (χ1v) is 5.36. The van der Waals surface area contributed by atoms with Gasteiger partial charge in [-0.1, -0.05) is 18.2 Å². The molecule has 3 heteroatoms. The quantitative estimate of drug-likeness (QED) is 0.492. The van der Waals surface area contributed by atoms with Gasteiger partial charge < -0.3 is 10.0 Å². The first kappa shape index (κ1) is 13.0. The highest BCUT2D eigenvalue weighted by Crippen LogP contribution is 2.13. The zero-order valence-corrected chi connectivity index (χ0v) is 10.3. The number of benzene rings is 1. The molecule has 0 aromatic heterocycles. The largest absolute Gasteiger partial charge is 0.508 e. The van der Waals surface area contributed by atoms with Crippen LogP contribution in [0.4, 0.5) is 5.69 Å². The van der Waals surface area contributed by atoms with Crippen LogP contribution in [0, 0.1) is 0 Å². The second-order valence-corrected chi connectivity index (χ2v) is 4.00. The summed E-state index contributed by atoms with van der Waals surface area (Å²) in [6, 6.07) is 7.89. The smallest absolute Gasteiger partial charge is 0.156 e. The van der Waals surface area contributed by atoms with Crippen molar-refractivity contribution in [2.75, 3.05) is 19.0 Å². The number of aliphatic hydroxyl groups excluding tert-OH is 1. The van der Waals surface area contributed by atoms with Crippen LogP contribution in [0.1, 0.15) is 12.5 Å². The first-order chi connectivity index (χ1) is 7.99. The molecule has 0 aliphatic carbocycles. The minimum absolute atomic E-state index is 0.0332. The molecule has 17 heavy (non-hydrogen) atoms. The van der Waals surface area contributed by atoms with Gasteiger partial charge in [0.15, 0.2) is 5.78 Å². The van der Waals surface area contributed by atoms with Crippen LogP contribution in [0.5, 0.6) is 0 Å². The van der Waals surface area contributed by atoms with Gasteiger partial charge in [0, 0.05) is 25.9 Å². The molecule has 0 aliphatic heterocycles. The average molecular weight is 231 g/mol. The monoisotopic (exact) mass is 231 g/mol. The van der Waals surface area contributed by atoms with Crippen LogP contribution >= 0.6 is 0 Å². The number of aliphatic hydroxyl groups is 1. The maximum absolute atomic E-state index is 10.7. The minimum atomic E-state index is -0.171. The molecule has 90 valence electrons. The maximum atomic E-state index is 10.7. The van der Waals surface area contributed by atoms with Gasteiger partial charge in [0.1, 0.15) is 5.76 Å². The summed E-state index contributed by atoms with van der Waals surface area (Å²) < 4.78 is 0. The second kappa shape index (κ2) is 5.89. The van der Waals surface area contributed by atoms with Gasteiger partial charge in [-0.05, 0) is 30.7 Å². The zero-order valence-electron chi connectivity index (χ0n) is 10.3. The predicted molar refractivity (Wildman–Crippen MR) is 71.2 cm³/mol. The highest BCUT2D eigenvalue weighted by atomic mass is 16.3. The number of rotatable bonds is 4. The third kappa shape index (κ3) is 4.55. The van der Waals surface area contributed by atoms with Crippen molar-refractivity contribution in [1.29, 1.82) is 0 Å². The Balaban J connectivity index is 2.76. The zero-order chi connectivity index (χ0) is 12.8. The molecular formula is C14H17NO2. The number of nitrogens with zero attached hydrogens (tertiary/aromatic N) is 1. The van der Waals surface area contributed by atoms with E-state index in [4.69, 9.17) is 0 Å². The van der Waals surface area contributed by atoms with Crippen LogP contribution in [0.2, 0.25) is 0 Å². The van der Waals surface area contributed by atoms with Crippen molar-refractivity contribution >= 4 is 17.5 Å². The van der Waals surface area contributed by atoms with Gasteiger partial charge in [-0.15, -0.1) is 0 Å². The molecule has 0 aliphatic rings. The van der Waals surface area contributed by atoms with E-state index in [1.807, 2.05) is 43.3 Å². The van der Waals surface area contributed by atoms with E-state index in [1.165, 1.54) is 19.1 Å². The third-order valence-corrected chi connectivity index (χ3v) is 2.21. The number of anilines is 1. The van der Waals surface area contributed by atoms with E-state index in [-0.39, 0.29) is 11.5 Å². The van der Waals surface area contributed by atoms with E-state index in [9.17, 15) is 9.90 Å². The van der Waals surface area contributed by atoms with Crippen molar-refractivity contribution in [1.82, 2.24) is 0 Å². The number of hydrogen-bond donors (Lipinski definition) is 1. The molecule has 0 heterocycles. The van der Waals surface area contributed by atoms with Gasteiger partial charge >= 0.3 is 0 Å². The highest BCUT2D eigenvalue weighted by molar-refractivity contribution is 5.88. The Hall–Kier alpha value is -2.03. The second-order valence-electron chi connectivity index (χ2n) is 4.00. The predicted octanol–water partition coefficient (Wildman–Crippen LogP) is 2.80. The minimum Gasteiger partial charge on any atom is -0.508 e. The Bertz CT molecular complexity index is 442. The lowest BCUT2D eigenvalue weighted by atomic mass is 10.2. The van der Waals surface area contributed by atoms with Crippen molar-refractivity contribution in [2.45, 2.75) is 6.92 Å². The molecular weight excluding hydrogens is 214 g/mol. The van der Waals surface area contributed by atoms with Gasteiger partial charge in [0.25, 0.3) is 0 Å². The van der Waals surface area contributed by atoms with E-state index in [0.29, 0.717) is 0 Å². The summed E-state index contributed by atoms with van der Waals surface area (Å²) in [6.45, 7) is 1.40. The van der Waals surface area contributed by atoms with Gasteiger partial charge in [0.05, 0.1) is 0 Å². The lowest BCUT2D eigenvalue weighted by Gasteiger charge is -2.11. The normalized spacial score (nSPS) is 11.8. The van der Waals surface area contributed by atoms with Crippen molar-refractivity contribution in [3.05, 3.63) is 47.7 Å². The summed E-state index contributed by atoms with van der Waals surface area (Å²) >= 11 is 0. The number of carbonyl (C=O) groups excluding carboxylic acids is 1. The Labute approximate surface area is 102 Å². The lowest BCUT2D eigenvalue weighted by molar-refractivity contribution is -0.112. The van der Waals surface area contributed by atoms with Gasteiger partial charge in [0.2, 0.25) is 0 Å². The topological polar surface area (TPSA) is 40.5 Å². The SMILES string of the molecule is CC(=O)/C=C(\O)C=Cc1ccc(N(C)C)cc1. The molecule has 0 saturated heterocycles. The third-order valence-electron chi connectivity index (χ3n) is 2.21. The van der Waals surface area contributed by atoms with Gasteiger partial charge in [-0.2, -0.15) is 0 Å². The molecule has 1 N–H and O–H groups in total. The molecule has 1 aromatic carbocycles. The molecule has 0 bridgehead atoms. The Kier molecular flexibility index (Phi) is 4.52. The highest BCUT2D eigenvalue weighted by Gasteiger charge is 1.94.